The molecule has 4 heterocycles. The number of carbonyl (C=O) groups excluding carboxylic acids is 1. The van der Waals surface area contributed by atoms with E-state index in [1.807, 2.05) is 29.4 Å². The maximum absolute atomic E-state index is 13.4. The Balaban J connectivity index is 1.48. The molecule has 2 saturated heterocycles. The Morgan fingerprint density at radius 3 is 2.65 bits per heavy atom. The van der Waals surface area contributed by atoms with Crippen molar-refractivity contribution in [2.45, 2.75) is 24.8 Å². The van der Waals surface area contributed by atoms with Gasteiger partial charge in [0.15, 0.2) is 0 Å². The van der Waals surface area contributed by atoms with Crippen molar-refractivity contribution in [1.82, 2.24) is 24.8 Å². The summed E-state index contributed by atoms with van der Waals surface area (Å²) in [5.41, 5.74) is 0.965. The predicted molar refractivity (Wildman–Crippen MR) is 96.5 cm³/mol. The summed E-state index contributed by atoms with van der Waals surface area (Å²) in [5, 5.41) is 0. The normalized spacial score (nSPS) is 20.8. The van der Waals surface area contributed by atoms with Crippen LogP contribution in [0.15, 0.2) is 36.9 Å². The Kier molecular flexibility index (Phi) is 5.26. The van der Waals surface area contributed by atoms with Gasteiger partial charge in [0.05, 0.1) is 13.2 Å². The molecule has 7 nitrogen and oxygen atoms in total. The molecule has 0 saturated carbocycles. The number of aromatic nitrogens is 3. The summed E-state index contributed by atoms with van der Waals surface area (Å²) in [6, 6.07) is 3.63. The summed E-state index contributed by atoms with van der Waals surface area (Å²) in [6.45, 7) is 4.42. The zero-order valence-corrected chi connectivity index (χ0v) is 14.9. The van der Waals surface area contributed by atoms with Crippen molar-refractivity contribution in [2.24, 2.45) is 0 Å². The van der Waals surface area contributed by atoms with Crippen LogP contribution >= 0.6 is 0 Å². The average molecular weight is 355 g/mol. The largest absolute Gasteiger partial charge is 0.379 e. The van der Waals surface area contributed by atoms with Crippen LogP contribution in [-0.2, 0) is 9.53 Å². The molecule has 1 atom stereocenters. The standard InChI is InChI=1S/C19H25N5O2/c25-19(24-8-3-15(4-9-24)18-21-6-7-22-18)17(16-2-1-5-20-14-16)23-10-12-26-13-11-23/h1-2,5-7,14-15,17H,3-4,8-13H2,(H,21,22). The number of piperidine rings is 1. The number of morpholine rings is 1. The molecule has 2 aromatic rings. The van der Waals surface area contributed by atoms with Crippen molar-refractivity contribution >= 4 is 5.91 Å². The highest BCUT2D eigenvalue weighted by Gasteiger charge is 2.34. The Bertz CT molecular complexity index is 692. The van der Waals surface area contributed by atoms with Gasteiger partial charge >= 0.3 is 0 Å². The van der Waals surface area contributed by atoms with Crippen LogP contribution in [0.3, 0.4) is 0 Å². The number of nitrogens with one attached hydrogen (secondary N) is 1. The molecule has 1 unspecified atom stereocenters. The summed E-state index contributed by atoms with van der Waals surface area (Å²) in [7, 11) is 0. The predicted octanol–water partition coefficient (Wildman–Crippen LogP) is 1.58. The van der Waals surface area contributed by atoms with Crippen LogP contribution in [-0.4, -0.2) is 70.1 Å². The lowest BCUT2D eigenvalue weighted by atomic mass is 9.95. The number of amides is 1. The molecule has 1 amide bonds. The Morgan fingerprint density at radius 2 is 2.00 bits per heavy atom. The summed E-state index contributed by atoms with van der Waals surface area (Å²) >= 11 is 0. The van der Waals surface area contributed by atoms with E-state index >= 15 is 0 Å². The molecule has 0 radical (unpaired) electrons. The highest BCUT2D eigenvalue weighted by atomic mass is 16.5. The van der Waals surface area contributed by atoms with Gasteiger partial charge < -0.3 is 14.6 Å². The minimum absolute atomic E-state index is 0.179. The van der Waals surface area contributed by atoms with Gasteiger partial charge in [-0.2, -0.15) is 0 Å². The number of H-pyrrole nitrogens is 1. The molecule has 2 aliphatic heterocycles. The maximum atomic E-state index is 13.4. The molecule has 2 aromatic heterocycles. The molecule has 0 bridgehead atoms. The zero-order valence-electron chi connectivity index (χ0n) is 14.9. The number of likely N-dealkylation sites (tertiary alicyclic amines) is 1. The van der Waals surface area contributed by atoms with Crippen LogP contribution in [0.4, 0.5) is 0 Å². The van der Waals surface area contributed by atoms with E-state index in [-0.39, 0.29) is 11.9 Å². The van der Waals surface area contributed by atoms with E-state index in [1.165, 1.54) is 0 Å². The Morgan fingerprint density at radius 1 is 1.19 bits per heavy atom. The van der Waals surface area contributed by atoms with Gasteiger partial charge in [-0.15, -0.1) is 0 Å². The number of pyridine rings is 1. The second-order valence-electron chi connectivity index (χ2n) is 6.91. The number of imidazole rings is 1. The van der Waals surface area contributed by atoms with Crippen LogP contribution in [0.5, 0.6) is 0 Å². The van der Waals surface area contributed by atoms with Gasteiger partial charge in [0.1, 0.15) is 11.9 Å². The van der Waals surface area contributed by atoms with E-state index in [9.17, 15) is 4.79 Å². The second-order valence-corrected chi connectivity index (χ2v) is 6.91. The highest BCUT2D eigenvalue weighted by molar-refractivity contribution is 5.83. The first-order valence-electron chi connectivity index (χ1n) is 9.32. The van der Waals surface area contributed by atoms with Crippen molar-refractivity contribution in [3.05, 3.63) is 48.3 Å². The fourth-order valence-electron chi connectivity index (χ4n) is 3.93. The number of aromatic amines is 1. The average Bonchev–Trinajstić information content (AvgIpc) is 3.25. The highest BCUT2D eigenvalue weighted by Crippen LogP contribution is 2.29. The van der Waals surface area contributed by atoms with Crippen molar-refractivity contribution in [1.29, 1.82) is 0 Å². The van der Waals surface area contributed by atoms with Gasteiger partial charge in [-0.3, -0.25) is 14.7 Å². The number of carbonyl (C=O) groups is 1. The lowest BCUT2D eigenvalue weighted by Gasteiger charge is -2.39. The number of hydrogen-bond acceptors (Lipinski definition) is 5. The monoisotopic (exact) mass is 355 g/mol. The number of hydrogen-bond donors (Lipinski definition) is 1. The van der Waals surface area contributed by atoms with Gasteiger partial charge in [-0.05, 0) is 24.5 Å². The number of nitrogens with zero attached hydrogens (tertiary/aromatic N) is 4. The van der Waals surface area contributed by atoms with Crippen LogP contribution in [0, 0.1) is 0 Å². The maximum Gasteiger partial charge on any atom is 0.244 e. The third-order valence-corrected chi connectivity index (χ3v) is 5.36. The quantitative estimate of drug-likeness (QED) is 0.901. The molecule has 26 heavy (non-hydrogen) atoms. The SMILES string of the molecule is O=C(C(c1cccnc1)N1CCOCC1)N1CCC(c2ncc[nH]2)CC1. The van der Waals surface area contributed by atoms with Gasteiger partial charge in [0.25, 0.3) is 0 Å². The van der Waals surface area contributed by atoms with E-state index in [4.69, 9.17) is 4.74 Å². The van der Waals surface area contributed by atoms with E-state index in [0.29, 0.717) is 19.1 Å². The summed E-state index contributed by atoms with van der Waals surface area (Å²) in [6.07, 6.45) is 9.12. The Hall–Kier alpha value is -2.25. The molecule has 0 spiro atoms. The third kappa shape index (κ3) is 3.64. The molecule has 4 rings (SSSR count). The second kappa shape index (κ2) is 7.97. The van der Waals surface area contributed by atoms with Crippen LogP contribution in [0.2, 0.25) is 0 Å². The van der Waals surface area contributed by atoms with Crippen molar-refractivity contribution in [3.63, 3.8) is 0 Å². The first kappa shape index (κ1) is 17.2. The van der Waals surface area contributed by atoms with E-state index < -0.39 is 0 Å². The van der Waals surface area contributed by atoms with E-state index in [1.54, 1.807) is 12.4 Å². The molecule has 7 heteroatoms. The molecule has 2 aliphatic rings. The smallest absolute Gasteiger partial charge is 0.244 e. The lowest BCUT2D eigenvalue weighted by Crippen LogP contribution is -2.49. The molecule has 0 aliphatic carbocycles. The van der Waals surface area contributed by atoms with Crippen LogP contribution < -0.4 is 0 Å². The zero-order chi connectivity index (χ0) is 17.8. The van der Waals surface area contributed by atoms with Gasteiger partial charge in [-0.25, -0.2) is 4.98 Å². The molecular weight excluding hydrogens is 330 g/mol. The minimum atomic E-state index is -0.271. The summed E-state index contributed by atoms with van der Waals surface area (Å²) in [5.74, 6) is 1.63. The third-order valence-electron chi connectivity index (χ3n) is 5.36. The molecular formula is C19H25N5O2. The summed E-state index contributed by atoms with van der Waals surface area (Å²) < 4.78 is 5.47. The van der Waals surface area contributed by atoms with E-state index in [2.05, 4.69) is 19.9 Å². The fourth-order valence-corrected chi connectivity index (χ4v) is 3.93. The minimum Gasteiger partial charge on any atom is -0.379 e. The molecule has 138 valence electrons. The van der Waals surface area contributed by atoms with Crippen LogP contribution in [0.1, 0.15) is 36.2 Å². The van der Waals surface area contributed by atoms with Crippen molar-refractivity contribution < 1.29 is 9.53 Å². The molecule has 1 N–H and O–H groups in total. The van der Waals surface area contributed by atoms with Gasteiger partial charge in [0.2, 0.25) is 5.91 Å². The molecule has 0 aromatic carbocycles. The van der Waals surface area contributed by atoms with Crippen LogP contribution in [0.25, 0.3) is 0 Å². The fraction of sp³-hybridized carbons (Fsp3) is 0.526. The summed E-state index contributed by atoms with van der Waals surface area (Å²) in [4.78, 5) is 29.4. The molecule has 2 fully saturated rings. The number of rotatable bonds is 4. The van der Waals surface area contributed by atoms with Gasteiger partial charge in [0, 0.05) is 56.9 Å². The Labute approximate surface area is 153 Å². The number of ether oxygens (including phenoxy) is 1. The first-order chi connectivity index (χ1) is 12.8. The van der Waals surface area contributed by atoms with Gasteiger partial charge in [-0.1, -0.05) is 6.07 Å². The van der Waals surface area contributed by atoms with Crippen molar-refractivity contribution in [2.75, 3.05) is 39.4 Å². The lowest BCUT2D eigenvalue weighted by molar-refractivity contribution is -0.140. The first-order valence-corrected chi connectivity index (χ1v) is 9.32. The van der Waals surface area contributed by atoms with E-state index in [0.717, 1.165) is 50.4 Å². The topological polar surface area (TPSA) is 74.4 Å². The van der Waals surface area contributed by atoms with Crippen molar-refractivity contribution in [3.8, 4) is 0 Å².